The number of aliphatic hydroxyl groups is 3. The largest absolute Gasteiger partial charge is 0.394 e. The Morgan fingerprint density at radius 2 is 2.00 bits per heavy atom. The van der Waals surface area contributed by atoms with Gasteiger partial charge in [-0.1, -0.05) is 0 Å². The van der Waals surface area contributed by atoms with Crippen LogP contribution in [0, 0.1) is 0 Å². The van der Waals surface area contributed by atoms with Gasteiger partial charge < -0.3 is 20.1 Å². The topological polar surface area (TPSA) is 69.9 Å². The molecule has 0 aromatic heterocycles. The summed E-state index contributed by atoms with van der Waals surface area (Å²) in [4.78, 5) is 0. The van der Waals surface area contributed by atoms with Crippen molar-refractivity contribution in [1.82, 2.24) is 0 Å². The highest BCUT2D eigenvalue weighted by atomic mass is 16.6. The molecule has 0 bridgehead atoms. The zero-order valence-corrected chi connectivity index (χ0v) is 5.60. The average molecular weight is 148 g/mol. The second kappa shape index (κ2) is 3.30. The second-order valence-electron chi connectivity index (χ2n) is 2.46. The molecule has 1 aliphatic rings. The summed E-state index contributed by atoms with van der Waals surface area (Å²) < 4.78 is 4.80. The molecule has 0 amide bonds. The molecular formula is C6H12O4. The smallest absolute Gasteiger partial charge is 0.155 e. The average Bonchev–Trinajstić information content (AvgIpc) is 1.94. The third-order valence-corrected chi connectivity index (χ3v) is 1.65. The first-order chi connectivity index (χ1) is 4.74. The summed E-state index contributed by atoms with van der Waals surface area (Å²) in [7, 11) is 0. The van der Waals surface area contributed by atoms with Gasteiger partial charge >= 0.3 is 0 Å². The second-order valence-corrected chi connectivity index (χ2v) is 2.46. The fraction of sp³-hybridized carbons (Fsp3) is 1.00. The van der Waals surface area contributed by atoms with Crippen LogP contribution >= 0.6 is 0 Å². The van der Waals surface area contributed by atoms with Crippen molar-refractivity contribution in [2.24, 2.45) is 0 Å². The summed E-state index contributed by atoms with van der Waals surface area (Å²) in [6.45, 7) is -0.238. The van der Waals surface area contributed by atoms with Crippen LogP contribution in [0.5, 0.6) is 0 Å². The minimum Gasteiger partial charge on any atom is -0.394 e. The molecule has 0 aliphatic carbocycles. The van der Waals surface area contributed by atoms with Gasteiger partial charge in [0.1, 0.15) is 6.10 Å². The molecule has 60 valence electrons. The molecule has 1 heterocycles. The molecule has 0 radical (unpaired) electrons. The van der Waals surface area contributed by atoms with E-state index in [4.69, 9.17) is 20.1 Å². The highest BCUT2D eigenvalue weighted by molar-refractivity contribution is 4.73. The van der Waals surface area contributed by atoms with Gasteiger partial charge in [0.05, 0.1) is 12.7 Å². The maximum Gasteiger partial charge on any atom is 0.155 e. The number of aliphatic hydroxyl groups excluding tert-OH is 3. The number of ether oxygens (including phenoxy) is 1. The lowest BCUT2D eigenvalue weighted by Gasteiger charge is -2.29. The van der Waals surface area contributed by atoms with Crippen LogP contribution in [0.3, 0.4) is 0 Å². The van der Waals surface area contributed by atoms with E-state index in [9.17, 15) is 0 Å². The van der Waals surface area contributed by atoms with Gasteiger partial charge in [-0.2, -0.15) is 0 Å². The van der Waals surface area contributed by atoms with Crippen molar-refractivity contribution < 1.29 is 20.1 Å². The molecule has 1 aliphatic heterocycles. The summed E-state index contributed by atoms with van der Waals surface area (Å²) in [5.41, 5.74) is 0. The van der Waals surface area contributed by atoms with Crippen molar-refractivity contribution in [3.63, 3.8) is 0 Å². The lowest BCUT2D eigenvalue weighted by molar-refractivity contribution is -0.207. The molecule has 1 fully saturated rings. The zero-order valence-electron chi connectivity index (χ0n) is 5.60. The predicted octanol–water partition coefficient (Wildman–Crippen LogP) is -1.16. The maximum atomic E-state index is 9.09. The van der Waals surface area contributed by atoms with E-state index in [0.717, 1.165) is 0 Å². The lowest BCUT2D eigenvalue weighted by Crippen LogP contribution is -2.40. The molecule has 4 nitrogen and oxygen atoms in total. The van der Waals surface area contributed by atoms with Gasteiger partial charge in [-0.15, -0.1) is 0 Å². The predicted molar refractivity (Wildman–Crippen MR) is 33.2 cm³/mol. The van der Waals surface area contributed by atoms with E-state index in [2.05, 4.69) is 0 Å². The van der Waals surface area contributed by atoms with E-state index in [1.165, 1.54) is 0 Å². The minimum atomic E-state index is -0.819. The zero-order chi connectivity index (χ0) is 7.56. The Labute approximate surface area is 59.1 Å². The van der Waals surface area contributed by atoms with E-state index in [0.29, 0.717) is 12.8 Å². The number of rotatable bonds is 1. The molecule has 3 N–H and O–H groups in total. The van der Waals surface area contributed by atoms with Crippen molar-refractivity contribution in [2.75, 3.05) is 6.61 Å². The van der Waals surface area contributed by atoms with E-state index < -0.39 is 18.5 Å². The Bertz CT molecular complexity index is 106. The fourth-order valence-electron chi connectivity index (χ4n) is 1.02. The summed E-state index contributed by atoms with van der Waals surface area (Å²) >= 11 is 0. The Balaban J connectivity index is 2.38. The summed E-state index contributed by atoms with van der Waals surface area (Å²) in [6, 6.07) is 0. The molecule has 2 unspecified atom stereocenters. The highest BCUT2D eigenvalue weighted by Gasteiger charge is 2.27. The normalized spacial score (nSPS) is 41.7. The monoisotopic (exact) mass is 148 g/mol. The maximum absolute atomic E-state index is 9.09. The Morgan fingerprint density at radius 3 is 2.50 bits per heavy atom. The molecule has 0 spiro atoms. The molecule has 4 heteroatoms. The van der Waals surface area contributed by atoms with Crippen LogP contribution in [-0.2, 0) is 4.74 Å². The summed E-state index contributed by atoms with van der Waals surface area (Å²) in [5.74, 6) is 0. The lowest BCUT2D eigenvalue weighted by atomic mass is 10.1. The number of hydrogen-bond donors (Lipinski definition) is 3. The third kappa shape index (κ3) is 1.67. The molecule has 0 aromatic carbocycles. The van der Waals surface area contributed by atoms with Crippen LogP contribution in [0.1, 0.15) is 12.8 Å². The molecule has 1 rings (SSSR count). The van der Waals surface area contributed by atoms with Gasteiger partial charge in [-0.25, -0.2) is 0 Å². The third-order valence-electron chi connectivity index (χ3n) is 1.65. The van der Waals surface area contributed by atoms with Gasteiger partial charge in [0.25, 0.3) is 0 Å². The van der Waals surface area contributed by atoms with Gasteiger partial charge in [-0.05, 0) is 6.42 Å². The summed E-state index contributed by atoms with van der Waals surface area (Å²) in [5, 5.41) is 26.6. The van der Waals surface area contributed by atoms with Gasteiger partial charge in [0, 0.05) is 6.42 Å². The van der Waals surface area contributed by atoms with E-state index in [1.807, 2.05) is 0 Å². The highest BCUT2D eigenvalue weighted by Crippen LogP contribution is 2.17. The molecule has 0 aromatic rings. The van der Waals surface area contributed by atoms with Crippen molar-refractivity contribution in [3.05, 3.63) is 0 Å². The fourth-order valence-corrected chi connectivity index (χ4v) is 1.02. The first-order valence-corrected chi connectivity index (χ1v) is 3.36. The van der Waals surface area contributed by atoms with Crippen LogP contribution in [0.15, 0.2) is 0 Å². The van der Waals surface area contributed by atoms with Crippen molar-refractivity contribution >= 4 is 0 Å². The molecule has 1 saturated heterocycles. The van der Waals surface area contributed by atoms with E-state index in [-0.39, 0.29) is 6.61 Å². The Kier molecular flexibility index (Phi) is 2.62. The van der Waals surface area contributed by atoms with Crippen LogP contribution < -0.4 is 0 Å². The van der Waals surface area contributed by atoms with Crippen molar-refractivity contribution in [3.8, 4) is 0 Å². The minimum absolute atomic E-state index is 0.238. The Morgan fingerprint density at radius 1 is 1.30 bits per heavy atom. The standard InChI is InChI=1S/C6H12O4/c7-3-5-4(8)1-2-6(9)10-5/h4-9H,1-3H2/t4?,5-,6?/m0/s1. The van der Waals surface area contributed by atoms with Crippen LogP contribution in [0.25, 0.3) is 0 Å². The van der Waals surface area contributed by atoms with Crippen LogP contribution in [0.4, 0.5) is 0 Å². The van der Waals surface area contributed by atoms with Gasteiger partial charge in [-0.3, -0.25) is 0 Å². The Hall–Kier alpha value is -0.160. The molecule has 3 atom stereocenters. The molecule has 0 saturated carbocycles. The summed E-state index contributed by atoms with van der Waals surface area (Å²) in [6.07, 6.45) is -1.12. The van der Waals surface area contributed by atoms with Crippen molar-refractivity contribution in [2.45, 2.75) is 31.3 Å². The quantitative estimate of drug-likeness (QED) is 0.438. The molecule has 10 heavy (non-hydrogen) atoms. The van der Waals surface area contributed by atoms with E-state index >= 15 is 0 Å². The van der Waals surface area contributed by atoms with Crippen LogP contribution in [0.2, 0.25) is 0 Å². The first kappa shape index (κ1) is 7.94. The first-order valence-electron chi connectivity index (χ1n) is 3.36. The SMILES string of the molecule is OC[C@@H]1OC(O)CCC1O. The van der Waals surface area contributed by atoms with Gasteiger partial charge in [0.2, 0.25) is 0 Å². The van der Waals surface area contributed by atoms with E-state index in [1.54, 1.807) is 0 Å². The van der Waals surface area contributed by atoms with Gasteiger partial charge in [0.15, 0.2) is 6.29 Å². The molecular weight excluding hydrogens is 136 g/mol. The number of hydrogen-bond acceptors (Lipinski definition) is 4. The van der Waals surface area contributed by atoms with Crippen LogP contribution in [-0.4, -0.2) is 40.4 Å². The van der Waals surface area contributed by atoms with Crippen molar-refractivity contribution in [1.29, 1.82) is 0 Å².